The predicted molar refractivity (Wildman–Crippen MR) is 140 cm³/mol. The van der Waals surface area contributed by atoms with Gasteiger partial charge in [-0.1, -0.05) is 61.0 Å². The van der Waals surface area contributed by atoms with Crippen molar-refractivity contribution in [1.29, 1.82) is 0 Å². The van der Waals surface area contributed by atoms with Gasteiger partial charge in [0, 0.05) is 11.8 Å². The topological polar surface area (TPSA) is 98.7 Å². The predicted octanol–water partition coefficient (Wildman–Crippen LogP) is 3.46. The summed E-state index contributed by atoms with van der Waals surface area (Å²) in [4.78, 5) is 42.8. The lowest BCUT2D eigenvalue weighted by Gasteiger charge is -2.36. The van der Waals surface area contributed by atoms with Crippen LogP contribution in [0.15, 0.2) is 54.6 Å². The summed E-state index contributed by atoms with van der Waals surface area (Å²) < 4.78 is -0.718. The fourth-order valence-electron chi connectivity index (χ4n) is 6.16. The highest BCUT2D eigenvalue weighted by Gasteiger charge is 2.74. The maximum atomic E-state index is 14.0. The molecule has 0 radical (unpaired) electrons. The molecule has 1 spiro atoms. The number of likely N-dealkylation sites (tertiary alicyclic amines) is 1. The summed E-state index contributed by atoms with van der Waals surface area (Å²) in [7, 11) is 0. The van der Waals surface area contributed by atoms with Gasteiger partial charge in [-0.25, -0.2) is 0 Å². The van der Waals surface area contributed by atoms with Crippen LogP contribution in [0.3, 0.4) is 0 Å². The van der Waals surface area contributed by atoms with Crippen LogP contribution in [0.2, 0.25) is 5.02 Å². The average molecular weight is 528 g/mol. The Balaban J connectivity index is 1.46. The molecule has 5 rings (SSSR count). The number of aliphatic hydroxyl groups excluding tert-OH is 1. The molecule has 3 aliphatic heterocycles. The number of anilines is 1. The number of benzene rings is 2. The SMILES string of the molecule is CC[C@@H](CO)N1C(=O)[C@@H]2[C@@H](C(=O)NCc3ccccc3)[C@H]3CCC2(S3)C1C(=O)Nc1ccccc1Cl. The lowest BCUT2D eigenvalue weighted by molar-refractivity contribution is -0.142. The molecule has 9 heteroatoms. The Morgan fingerprint density at radius 3 is 2.58 bits per heavy atom. The van der Waals surface area contributed by atoms with Crippen molar-refractivity contribution in [1.82, 2.24) is 10.2 Å². The van der Waals surface area contributed by atoms with Crippen molar-refractivity contribution in [3.63, 3.8) is 0 Å². The minimum Gasteiger partial charge on any atom is -0.394 e. The number of hydrogen-bond donors (Lipinski definition) is 3. The van der Waals surface area contributed by atoms with Crippen molar-refractivity contribution >= 4 is 46.8 Å². The molecule has 2 aromatic carbocycles. The standard InChI is InChI=1S/C27H30ClN3O4S/c1-2-17(15-32)31-23(25(34)30-19-11-7-6-10-18(19)28)27-13-12-20(36-27)21(22(27)26(31)35)24(33)29-14-16-8-4-3-5-9-16/h3-11,17,20-23,32H,2,12-15H2,1H3,(H,29,33)(H,30,34)/t17-,20+,21-,22-,23?,27?/m0/s1. The Bertz CT molecular complexity index is 1160. The van der Waals surface area contributed by atoms with E-state index < -0.39 is 28.7 Å². The van der Waals surface area contributed by atoms with Crippen LogP contribution in [0, 0.1) is 11.8 Å². The molecule has 190 valence electrons. The van der Waals surface area contributed by atoms with E-state index in [0.29, 0.717) is 30.1 Å². The van der Waals surface area contributed by atoms with Crippen LogP contribution in [0.25, 0.3) is 0 Å². The van der Waals surface area contributed by atoms with Crippen LogP contribution in [0.1, 0.15) is 31.7 Å². The van der Waals surface area contributed by atoms with Gasteiger partial charge in [0.2, 0.25) is 17.7 Å². The zero-order chi connectivity index (χ0) is 25.4. The summed E-state index contributed by atoms with van der Waals surface area (Å²) in [6.45, 7) is 2.02. The fourth-order valence-corrected chi connectivity index (χ4v) is 8.55. The second kappa shape index (κ2) is 10.1. The summed E-state index contributed by atoms with van der Waals surface area (Å²) in [5.41, 5.74) is 1.46. The van der Waals surface area contributed by atoms with Gasteiger partial charge in [0.15, 0.2) is 0 Å². The van der Waals surface area contributed by atoms with Crippen molar-refractivity contribution in [2.75, 3.05) is 11.9 Å². The van der Waals surface area contributed by atoms with Crippen molar-refractivity contribution in [2.24, 2.45) is 11.8 Å². The molecule has 6 atom stereocenters. The van der Waals surface area contributed by atoms with Gasteiger partial charge >= 0.3 is 0 Å². The van der Waals surface area contributed by atoms with Gasteiger partial charge in [0.05, 0.1) is 39.9 Å². The number of aliphatic hydroxyl groups is 1. The summed E-state index contributed by atoms with van der Waals surface area (Å²) in [5.74, 6) is -1.83. The van der Waals surface area contributed by atoms with Crippen LogP contribution in [-0.4, -0.2) is 56.4 Å². The van der Waals surface area contributed by atoms with Crippen molar-refractivity contribution < 1.29 is 19.5 Å². The van der Waals surface area contributed by atoms with Crippen LogP contribution >= 0.6 is 23.4 Å². The van der Waals surface area contributed by atoms with Gasteiger partial charge in [0.1, 0.15) is 6.04 Å². The molecule has 3 fully saturated rings. The van der Waals surface area contributed by atoms with Crippen LogP contribution in [0.4, 0.5) is 5.69 Å². The number of rotatable bonds is 8. The molecule has 2 unspecified atom stereocenters. The number of thioether (sulfide) groups is 1. The highest BCUT2D eigenvalue weighted by molar-refractivity contribution is 8.02. The minimum absolute atomic E-state index is 0.0262. The third kappa shape index (κ3) is 4.09. The zero-order valence-corrected chi connectivity index (χ0v) is 21.6. The highest BCUT2D eigenvalue weighted by atomic mass is 35.5. The largest absolute Gasteiger partial charge is 0.394 e. The molecule has 3 amide bonds. The summed E-state index contributed by atoms with van der Waals surface area (Å²) in [5, 5.41) is 16.5. The van der Waals surface area contributed by atoms with Crippen LogP contribution in [0.5, 0.6) is 0 Å². The van der Waals surface area contributed by atoms with Crippen LogP contribution in [-0.2, 0) is 20.9 Å². The number of nitrogens with zero attached hydrogens (tertiary/aromatic N) is 1. The maximum absolute atomic E-state index is 14.0. The Kier molecular flexibility index (Phi) is 7.03. The molecule has 7 nitrogen and oxygen atoms in total. The molecule has 36 heavy (non-hydrogen) atoms. The van der Waals surface area contributed by atoms with Gasteiger partial charge in [0.25, 0.3) is 0 Å². The first-order valence-corrected chi connectivity index (χ1v) is 13.6. The lowest BCUT2D eigenvalue weighted by atomic mass is 9.70. The first-order chi connectivity index (χ1) is 17.4. The van der Waals surface area contributed by atoms with E-state index in [2.05, 4.69) is 10.6 Å². The number of amides is 3. The van der Waals surface area contributed by atoms with Crippen molar-refractivity contribution in [3.8, 4) is 0 Å². The molecule has 3 heterocycles. The number of fused-ring (bicyclic) bond motifs is 1. The summed E-state index contributed by atoms with van der Waals surface area (Å²) >= 11 is 7.91. The smallest absolute Gasteiger partial charge is 0.248 e. The molecule has 2 bridgehead atoms. The van der Waals surface area contributed by atoms with E-state index in [1.807, 2.05) is 37.3 Å². The van der Waals surface area contributed by atoms with Crippen molar-refractivity contribution in [3.05, 3.63) is 65.2 Å². The molecule has 0 aromatic heterocycles. The second-order valence-electron chi connectivity index (χ2n) is 9.72. The molecule has 2 aromatic rings. The van der Waals surface area contributed by atoms with E-state index in [1.54, 1.807) is 40.9 Å². The summed E-state index contributed by atoms with van der Waals surface area (Å²) in [6.07, 6.45) is 1.93. The second-order valence-corrected chi connectivity index (χ2v) is 11.7. The number of carbonyl (C=O) groups excluding carboxylic acids is 3. The molecular formula is C27H30ClN3O4S. The number of halogens is 1. The molecule has 3 N–H and O–H groups in total. The van der Waals surface area contributed by atoms with Crippen molar-refractivity contribution in [2.45, 2.75) is 54.8 Å². The van der Waals surface area contributed by atoms with E-state index in [1.165, 1.54) is 0 Å². The molecular weight excluding hydrogens is 498 g/mol. The normalized spacial score (nSPS) is 29.2. The number of hydrogen-bond acceptors (Lipinski definition) is 5. The van der Waals surface area contributed by atoms with E-state index in [0.717, 1.165) is 12.0 Å². The number of nitrogens with one attached hydrogen (secondary N) is 2. The average Bonchev–Trinajstić information content (AvgIpc) is 3.53. The minimum atomic E-state index is -0.801. The van der Waals surface area contributed by atoms with Gasteiger partial charge in [-0.3, -0.25) is 14.4 Å². The Morgan fingerprint density at radius 2 is 1.89 bits per heavy atom. The van der Waals surface area contributed by atoms with Gasteiger partial charge < -0.3 is 20.6 Å². The molecule has 0 saturated carbocycles. The fraction of sp³-hybridized carbons (Fsp3) is 0.444. The zero-order valence-electron chi connectivity index (χ0n) is 20.0. The number of para-hydroxylation sites is 1. The monoisotopic (exact) mass is 527 g/mol. The first kappa shape index (κ1) is 25.1. The summed E-state index contributed by atoms with van der Waals surface area (Å²) in [6, 6.07) is 15.3. The number of carbonyl (C=O) groups is 3. The van der Waals surface area contributed by atoms with Gasteiger partial charge in [-0.2, -0.15) is 0 Å². The van der Waals surface area contributed by atoms with E-state index in [4.69, 9.17) is 11.6 Å². The van der Waals surface area contributed by atoms with Crippen LogP contribution < -0.4 is 10.6 Å². The Hall–Kier alpha value is -2.55. The highest BCUT2D eigenvalue weighted by Crippen LogP contribution is 2.66. The molecule has 3 saturated heterocycles. The van der Waals surface area contributed by atoms with E-state index in [9.17, 15) is 19.5 Å². The maximum Gasteiger partial charge on any atom is 0.248 e. The quantitative estimate of drug-likeness (QED) is 0.488. The Labute approximate surface area is 220 Å². The third-order valence-corrected chi connectivity index (χ3v) is 10.1. The Morgan fingerprint density at radius 1 is 1.17 bits per heavy atom. The lowest BCUT2D eigenvalue weighted by Crippen LogP contribution is -2.54. The third-order valence-electron chi connectivity index (χ3n) is 7.81. The molecule has 0 aliphatic carbocycles. The molecule has 3 aliphatic rings. The van der Waals surface area contributed by atoms with E-state index in [-0.39, 0.29) is 29.6 Å². The van der Waals surface area contributed by atoms with E-state index >= 15 is 0 Å². The van der Waals surface area contributed by atoms with Gasteiger partial charge in [-0.15, -0.1) is 11.8 Å². The van der Waals surface area contributed by atoms with Gasteiger partial charge in [-0.05, 0) is 37.0 Å². The first-order valence-electron chi connectivity index (χ1n) is 12.4.